The minimum absolute atomic E-state index is 0.177. The van der Waals surface area contributed by atoms with Gasteiger partial charge in [0.25, 0.3) is 0 Å². The molecule has 0 aliphatic carbocycles. The van der Waals surface area contributed by atoms with Crippen molar-refractivity contribution in [1.82, 2.24) is 5.10 Å². The van der Waals surface area contributed by atoms with Crippen LogP contribution in [0.2, 0.25) is 0 Å². The average Bonchev–Trinajstić information content (AvgIpc) is 3.17. The summed E-state index contributed by atoms with van der Waals surface area (Å²) in [4.78, 5) is 25.3. The lowest BCUT2D eigenvalue weighted by molar-refractivity contribution is -0.712. The Morgan fingerprint density at radius 2 is 1.73 bits per heavy atom. The van der Waals surface area contributed by atoms with Crippen LogP contribution >= 0.6 is 11.3 Å². The van der Waals surface area contributed by atoms with Crippen molar-refractivity contribution in [3.8, 4) is 5.75 Å². The second kappa shape index (κ2) is 11.8. The Hall–Kier alpha value is -4.06. The monoisotopic (exact) mass is 526 g/mol. The first kappa shape index (κ1) is 27.5. The van der Waals surface area contributed by atoms with Gasteiger partial charge in [-0.25, -0.2) is 4.79 Å². The van der Waals surface area contributed by atoms with Crippen LogP contribution in [0.1, 0.15) is 45.0 Å². The zero-order valence-corrected chi connectivity index (χ0v) is 22.8. The van der Waals surface area contributed by atoms with Crippen molar-refractivity contribution < 1.29 is 24.1 Å². The number of nitrogens with one attached hydrogen (secondary N) is 2. The molecule has 0 atom stereocenters. The van der Waals surface area contributed by atoms with E-state index in [0.29, 0.717) is 33.6 Å². The predicted octanol–water partition coefficient (Wildman–Crippen LogP) is 5.42. The van der Waals surface area contributed by atoms with Crippen LogP contribution in [0.5, 0.6) is 5.75 Å². The molecule has 12 heteroatoms. The number of anilines is 4. The van der Waals surface area contributed by atoms with E-state index in [2.05, 4.69) is 58.6 Å². The fourth-order valence-electron chi connectivity index (χ4n) is 3.72. The molecule has 0 aliphatic heterocycles. The Morgan fingerprint density at radius 1 is 1.08 bits per heavy atom. The number of nitrogens with zero attached hydrogens (tertiary/aromatic N) is 5. The first-order valence-electron chi connectivity index (χ1n) is 11.7. The second-order valence-corrected chi connectivity index (χ2v) is 9.78. The maximum Gasteiger partial charge on any atom is 0.431 e. The van der Waals surface area contributed by atoms with Crippen molar-refractivity contribution >= 4 is 56.2 Å². The molecule has 3 aromatic rings. The van der Waals surface area contributed by atoms with Crippen LogP contribution in [0.15, 0.2) is 46.6 Å². The van der Waals surface area contributed by atoms with Crippen LogP contribution in [0.4, 0.5) is 33.0 Å². The molecule has 0 spiro atoms. The van der Waals surface area contributed by atoms with Crippen molar-refractivity contribution in [2.24, 2.45) is 17.3 Å². The predicted molar refractivity (Wildman–Crippen MR) is 144 cm³/mol. The maximum atomic E-state index is 11.9. The number of aromatic carboxylic acids is 1. The fourth-order valence-corrected chi connectivity index (χ4v) is 4.83. The Balaban J connectivity index is 1.97. The van der Waals surface area contributed by atoms with E-state index in [-0.39, 0.29) is 23.6 Å². The number of carbonyl (C=O) groups excluding carboxylic acids is 1. The molecule has 0 fully saturated rings. The molecule has 1 aromatic heterocycles. The molecular formula is C25H32N7O4S+. The Bertz CT molecular complexity index is 1300. The SMILES string of the molecule is COc1cc(N=Nc2sc(N(C(C)C)C(C)C)n[n+]2C)c(NC(C)=O)cc1Nc1ccc(C(=O)O)cc1. The van der Waals surface area contributed by atoms with Gasteiger partial charge in [-0.05, 0) is 74.5 Å². The lowest BCUT2D eigenvalue weighted by atomic mass is 10.2. The molecule has 0 saturated heterocycles. The number of azo groups is 1. The van der Waals surface area contributed by atoms with Crippen molar-refractivity contribution in [1.29, 1.82) is 0 Å². The first-order chi connectivity index (χ1) is 17.5. The summed E-state index contributed by atoms with van der Waals surface area (Å²) in [5.74, 6) is -0.812. The van der Waals surface area contributed by atoms with Gasteiger partial charge in [-0.2, -0.15) is 0 Å². The molecule has 0 bridgehead atoms. The highest BCUT2D eigenvalue weighted by Gasteiger charge is 2.24. The molecule has 1 heterocycles. The van der Waals surface area contributed by atoms with E-state index < -0.39 is 5.97 Å². The Labute approximate surface area is 219 Å². The van der Waals surface area contributed by atoms with Crippen molar-refractivity contribution in [3.63, 3.8) is 0 Å². The van der Waals surface area contributed by atoms with Gasteiger partial charge in [0.15, 0.2) is 0 Å². The number of aryl methyl sites for hydroxylation is 1. The van der Waals surface area contributed by atoms with Crippen LogP contribution in [-0.2, 0) is 11.8 Å². The summed E-state index contributed by atoms with van der Waals surface area (Å²) in [5, 5.41) is 30.0. The third-order valence-electron chi connectivity index (χ3n) is 5.31. The number of carbonyl (C=O) groups is 2. The van der Waals surface area contributed by atoms with E-state index in [4.69, 9.17) is 9.84 Å². The van der Waals surface area contributed by atoms with Crippen LogP contribution in [0, 0.1) is 0 Å². The number of hydrogen-bond acceptors (Lipinski definition) is 9. The van der Waals surface area contributed by atoms with Crippen LogP contribution in [0.3, 0.4) is 0 Å². The summed E-state index contributed by atoms with van der Waals surface area (Å²) in [7, 11) is 3.33. The summed E-state index contributed by atoms with van der Waals surface area (Å²) in [6.45, 7) is 9.87. The highest BCUT2D eigenvalue weighted by molar-refractivity contribution is 7.18. The van der Waals surface area contributed by atoms with Gasteiger partial charge in [-0.15, -0.1) is 4.68 Å². The van der Waals surface area contributed by atoms with Gasteiger partial charge in [0, 0.05) is 30.8 Å². The highest BCUT2D eigenvalue weighted by Crippen LogP contribution is 2.39. The molecule has 37 heavy (non-hydrogen) atoms. The zero-order chi connectivity index (χ0) is 27.3. The molecule has 196 valence electrons. The van der Waals surface area contributed by atoms with Crippen molar-refractivity contribution in [3.05, 3.63) is 42.0 Å². The van der Waals surface area contributed by atoms with E-state index in [1.807, 2.05) is 7.05 Å². The van der Waals surface area contributed by atoms with Crippen molar-refractivity contribution in [2.45, 2.75) is 46.7 Å². The number of rotatable bonds is 10. The summed E-state index contributed by atoms with van der Waals surface area (Å²) in [6.07, 6.45) is 0. The van der Waals surface area contributed by atoms with Gasteiger partial charge in [0.1, 0.15) is 18.5 Å². The molecule has 0 radical (unpaired) electrons. The minimum atomic E-state index is -1.01. The number of amides is 1. The van der Waals surface area contributed by atoms with Gasteiger partial charge in [-0.3, -0.25) is 4.79 Å². The zero-order valence-electron chi connectivity index (χ0n) is 21.9. The number of methoxy groups -OCH3 is 1. The normalized spacial score (nSPS) is 11.3. The molecule has 3 rings (SSSR count). The minimum Gasteiger partial charge on any atom is -0.494 e. The molecule has 2 aromatic carbocycles. The first-order valence-corrected chi connectivity index (χ1v) is 12.5. The lowest BCUT2D eigenvalue weighted by Crippen LogP contribution is -2.39. The fraction of sp³-hybridized carbons (Fsp3) is 0.360. The quantitative estimate of drug-likeness (QED) is 0.237. The number of carboxylic acids is 1. The van der Waals surface area contributed by atoms with E-state index in [1.165, 1.54) is 37.5 Å². The molecule has 0 saturated carbocycles. The van der Waals surface area contributed by atoms with Gasteiger partial charge in [0.05, 0.1) is 29.2 Å². The van der Waals surface area contributed by atoms with E-state index in [9.17, 15) is 9.59 Å². The van der Waals surface area contributed by atoms with Crippen molar-refractivity contribution in [2.75, 3.05) is 22.6 Å². The smallest absolute Gasteiger partial charge is 0.431 e. The van der Waals surface area contributed by atoms with Gasteiger partial charge in [-0.1, -0.05) is 5.10 Å². The average molecular weight is 527 g/mol. The number of aromatic nitrogens is 2. The standard InChI is InChI=1S/C25H31N7O4S/c1-14(2)32(15(3)4)25-30-31(6)24(37-25)29-28-20-13-22(36-7)21(12-19(20)26-16(5)33)27-18-10-8-17(9-11-18)23(34)35/h8-15H,1-7H3,(H2,26,27,33,34,35)/p+1. The third kappa shape index (κ3) is 6.79. The Kier molecular flexibility index (Phi) is 8.77. The number of hydrogen-bond donors (Lipinski definition) is 3. The molecule has 0 unspecified atom stereocenters. The van der Waals surface area contributed by atoms with Gasteiger partial charge in [0.2, 0.25) is 11.0 Å². The third-order valence-corrected chi connectivity index (χ3v) is 6.31. The summed E-state index contributed by atoms with van der Waals surface area (Å²) in [6, 6.07) is 10.2. The summed E-state index contributed by atoms with van der Waals surface area (Å²) in [5.41, 5.74) is 2.22. The summed E-state index contributed by atoms with van der Waals surface area (Å²) < 4.78 is 7.23. The van der Waals surface area contributed by atoms with Crippen LogP contribution < -0.4 is 25.0 Å². The Morgan fingerprint density at radius 3 is 2.27 bits per heavy atom. The maximum absolute atomic E-state index is 11.9. The topological polar surface area (TPSA) is 132 Å². The van der Waals surface area contributed by atoms with E-state index in [0.717, 1.165) is 5.13 Å². The van der Waals surface area contributed by atoms with Crippen LogP contribution in [-0.4, -0.2) is 41.3 Å². The highest BCUT2D eigenvalue weighted by atomic mass is 32.1. The largest absolute Gasteiger partial charge is 0.494 e. The summed E-state index contributed by atoms with van der Waals surface area (Å²) >= 11 is 1.43. The molecule has 3 N–H and O–H groups in total. The van der Waals surface area contributed by atoms with Crippen LogP contribution in [0.25, 0.3) is 0 Å². The van der Waals surface area contributed by atoms with E-state index in [1.54, 1.807) is 28.9 Å². The molecule has 0 aliphatic rings. The van der Waals surface area contributed by atoms with Gasteiger partial charge >= 0.3 is 11.1 Å². The molecular weight excluding hydrogens is 494 g/mol. The molecule has 11 nitrogen and oxygen atoms in total. The number of carboxylic acid groups (broad SMARTS) is 1. The number of benzene rings is 2. The lowest BCUT2D eigenvalue weighted by Gasteiger charge is -2.28. The van der Waals surface area contributed by atoms with Gasteiger partial charge < -0.3 is 25.4 Å². The van der Waals surface area contributed by atoms with E-state index >= 15 is 0 Å². The number of ether oxygens (including phenoxy) is 1. The second-order valence-electron chi connectivity index (χ2n) is 8.84. The molecule has 1 amide bonds.